The number of rotatable bonds is 5. The van der Waals surface area contributed by atoms with Crippen molar-refractivity contribution < 1.29 is 4.79 Å². The Morgan fingerprint density at radius 3 is 2.96 bits per heavy atom. The number of thioether (sulfide) groups is 1. The lowest BCUT2D eigenvalue weighted by Gasteiger charge is -2.38. The number of aromatic amines is 1. The van der Waals surface area contributed by atoms with Crippen LogP contribution in [-0.2, 0) is 4.79 Å². The molecule has 1 aliphatic carbocycles. The van der Waals surface area contributed by atoms with Gasteiger partial charge in [0.25, 0.3) is 0 Å². The second-order valence-corrected chi connectivity index (χ2v) is 7.78. The fourth-order valence-corrected chi connectivity index (χ4v) is 4.33. The van der Waals surface area contributed by atoms with Crippen LogP contribution < -0.4 is 0 Å². The lowest BCUT2D eigenvalue weighted by molar-refractivity contribution is -0.131. The number of nitrogens with zero attached hydrogens (tertiary/aromatic N) is 4. The molecule has 0 aliphatic heterocycles. The monoisotopic (exact) mass is 361 g/mol. The number of H-pyrrole nitrogens is 1. The van der Waals surface area contributed by atoms with Crippen LogP contribution in [0.1, 0.15) is 32.1 Å². The number of hydrogen-bond acceptors (Lipinski definition) is 6. The first-order chi connectivity index (χ1) is 11.6. The zero-order valence-corrected chi connectivity index (χ0v) is 15.1. The van der Waals surface area contributed by atoms with E-state index in [-0.39, 0.29) is 11.7 Å². The Bertz CT molecular complexity index is 728. The molecule has 1 amide bonds. The van der Waals surface area contributed by atoms with E-state index >= 15 is 0 Å². The summed E-state index contributed by atoms with van der Waals surface area (Å²) in [5.41, 5.74) is -0.642. The predicted molar refractivity (Wildman–Crippen MR) is 94.6 cm³/mol. The lowest BCUT2D eigenvalue weighted by atomic mass is 9.81. The van der Waals surface area contributed by atoms with E-state index in [1.54, 1.807) is 23.3 Å². The number of nitriles is 1. The Balaban J connectivity index is 1.60. The molecule has 0 saturated heterocycles. The SMILES string of the molecule is CN(C(=O)CSc1n[nH]c(-c2cccs2)n1)C1(C#N)CCCCC1. The Morgan fingerprint density at radius 2 is 2.29 bits per heavy atom. The molecule has 2 aromatic heterocycles. The number of carbonyl (C=O) groups excluding carboxylic acids is 1. The summed E-state index contributed by atoms with van der Waals surface area (Å²) >= 11 is 2.88. The van der Waals surface area contributed by atoms with Gasteiger partial charge in [0.05, 0.1) is 16.7 Å². The van der Waals surface area contributed by atoms with Crippen LogP contribution >= 0.6 is 23.1 Å². The van der Waals surface area contributed by atoms with E-state index in [1.807, 2.05) is 17.5 Å². The highest BCUT2D eigenvalue weighted by Gasteiger charge is 2.38. The molecular formula is C16H19N5OS2. The average molecular weight is 361 g/mol. The Hall–Kier alpha value is -1.85. The first-order valence-electron chi connectivity index (χ1n) is 7.92. The first kappa shape index (κ1) is 17.0. The Kier molecular flexibility index (Phi) is 5.21. The van der Waals surface area contributed by atoms with Gasteiger partial charge in [-0.1, -0.05) is 37.1 Å². The summed E-state index contributed by atoms with van der Waals surface area (Å²) in [7, 11) is 1.74. The van der Waals surface area contributed by atoms with Crippen molar-refractivity contribution >= 4 is 29.0 Å². The maximum absolute atomic E-state index is 12.5. The van der Waals surface area contributed by atoms with Gasteiger partial charge in [0.2, 0.25) is 11.1 Å². The molecule has 3 rings (SSSR count). The van der Waals surface area contributed by atoms with Crippen LogP contribution in [0.15, 0.2) is 22.7 Å². The summed E-state index contributed by atoms with van der Waals surface area (Å²) in [6.45, 7) is 0. The molecule has 0 aromatic carbocycles. The van der Waals surface area contributed by atoms with Gasteiger partial charge in [-0.05, 0) is 24.3 Å². The first-order valence-corrected chi connectivity index (χ1v) is 9.78. The summed E-state index contributed by atoms with van der Waals surface area (Å²) in [6, 6.07) is 6.31. The van der Waals surface area contributed by atoms with Crippen LogP contribution in [0.3, 0.4) is 0 Å². The number of thiophene rings is 1. The van der Waals surface area contributed by atoms with E-state index < -0.39 is 5.54 Å². The minimum atomic E-state index is -0.642. The molecule has 1 aliphatic rings. The third kappa shape index (κ3) is 3.47. The van der Waals surface area contributed by atoms with Gasteiger partial charge < -0.3 is 4.90 Å². The van der Waals surface area contributed by atoms with Crippen LogP contribution in [-0.4, -0.2) is 44.3 Å². The highest BCUT2D eigenvalue weighted by atomic mass is 32.2. The molecule has 6 nitrogen and oxygen atoms in total. The fourth-order valence-electron chi connectivity index (χ4n) is 2.96. The Morgan fingerprint density at radius 1 is 1.50 bits per heavy atom. The van der Waals surface area contributed by atoms with Crippen LogP contribution in [0, 0.1) is 11.3 Å². The van der Waals surface area contributed by atoms with E-state index in [4.69, 9.17) is 0 Å². The van der Waals surface area contributed by atoms with Crippen LogP contribution in [0.5, 0.6) is 0 Å². The molecule has 8 heteroatoms. The van der Waals surface area contributed by atoms with Crippen molar-refractivity contribution in [3.05, 3.63) is 17.5 Å². The van der Waals surface area contributed by atoms with Gasteiger partial charge in [-0.25, -0.2) is 4.98 Å². The molecular weight excluding hydrogens is 342 g/mol. The minimum Gasteiger partial charge on any atom is -0.326 e. The average Bonchev–Trinajstić information content (AvgIpc) is 3.30. The quantitative estimate of drug-likeness (QED) is 0.826. The number of nitrogens with one attached hydrogen (secondary N) is 1. The number of hydrogen-bond donors (Lipinski definition) is 1. The van der Waals surface area contributed by atoms with Crippen molar-refractivity contribution in [1.29, 1.82) is 5.26 Å². The topological polar surface area (TPSA) is 85.7 Å². The van der Waals surface area contributed by atoms with Crippen molar-refractivity contribution in [1.82, 2.24) is 20.1 Å². The number of carbonyl (C=O) groups is 1. The van der Waals surface area contributed by atoms with E-state index in [0.717, 1.165) is 37.0 Å². The summed E-state index contributed by atoms with van der Waals surface area (Å²) in [6.07, 6.45) is 4.68. The van der Waals surface area contributed by atoms with Gasteiger partial charge in [0.1, 0.15) is 5.54 Å². The second kappa shape index (κ2) is 7.36. The summed E-state index contributed by atoms with van der Waals surface area (Å²) < 4.78 is 0. The van der Waals surface area contributed by atoms with E-state index in [0.29, 0.717) is 11.0 Å². The normalized spacial score (nSPS) is 16.5. The molecule has 0 bridgehead atoms. The molecule has 0 radical (unpaired) electrons. The van der Waals surface area contributed by atoms with Crippen LogP contribution in [0.25, 0.3) is 10.7 Å². The molecule has 2 aromatic rings. The van der Waals surface area contributed by atoms with Crippen molar-refractivity contribution in [2.24, 2.45) is 0 Å². The van der Waals surface area contributed by atoms with Gasteiger partial charge in [-0.2, -0.15) is 5.26 Å². The molecule has 126 valence electrons. The van der Waals surface area contributed by atoms with E-state index in [9.17, 15) is 10.1 Å². The minimum absolute atomic E-state index is 0.0501. The standard InChI is InChI=1S/C16H19N5OS2/c1-21(16(11-17)7-3-2-4-8-16)13(22)10-24-15-18-14(19-20-15)12-6-5-9-23-12/h5-6,9H,2-4,7-8,10H2,1H3,(H,18,19,20). The summed E-state index contributed by atoms with van der Waals surface area (Å²) in [4.78, 5) is 19.6. The molecule has 1 N–H and O–H groups in total. The van der Waals surface area contributed by atoms with E-state index in [2.05, 4.69) is 21.3 Å². The molecule has 1 saturated carbocycles. The number of amides is 1. The second-order valence-electron chi connectivity index (χ2n) is 5.89. The van der Waals surface area contributed by atoms with Gasteiger partial charge in [-0.3, -0.25) is 9.89 Å². The maximum Gasteiger partial charge on any atom is 0.234 e. The van der Waals surface area contributed by atoms with Crippen molar-refractivity contribution in [3.63, 3.8) is 0 Å². The van der Waals surface area contributed by atoms with Crippen molar-refractivity contribution in [3.8, 4) is 16.8 Å². The molecule has 2 heterocycles. The third-order valence-electron chi connectivity index (χ3n) is 4.45. The molecule has 24 heavy (non-hydrogen) atoms. The van der Waals surface area contributed by atoms with Crippen LogP contribution in [0.2, 0.25) is 0 Å². The van der Waals surface area contributed by atoms with Crippen molar-refractivity contribution in [2.45, 2.75) is 42.8 Å². The predicted octanol–water partition coefficient (Wildman–Crippen LogP) is 3.31. The largest absolute Gasteiger partial charge is 0.326 e. The fraction of sp³-hybridized carbons (Fsp3) is 0.500. The third-order valence-corrected chi connectivity index (χ3v) is 6.16. The molecule has 0 atom stereocenters. The van der Waals surface area contributed by atoms with Gasteiger partial charge in [0, 0.05) is 7.05 Å². The zero-order chi connectivity index (χ0) is 17.0. The zero-order valence-electron chi connectivity index (χ0n) is 13.5. The number of aromatic nitrogens is 3. The highest BCUT2D eigenvalue weighted by molar-refractivity contribution is 7.99. The van der Waals surface area contributed by atoms with Gasteiger partial charge >= 0.3 is 0 Å². The lowest BCUT2D eigenvalue weighted by Crippen LogP contribution is -2.50. The Labute approximate surface area is 149 Å². The van der Waals surface area contributed by atoms with Gasteiger partial charge in [0.15, 0.2) is 5.82 Å². The highest BCUT2D eigenvalue weighted by Crippen LogP contribution is 2.33. The van der Waals surface area contributed by atoms with Crippen molar-refractivity contribution in [2.75, 3.05) is 12.8 Å². The summed E-state index contributed by atoms with van der Waals surface area (Å²) in [5.74, 6) is 0.904. The maximum atomic E-state index is 12.5. The smallest absolute Gasteiger partial charge is 0.234 e. The van der Waals surface area contributed by atoms with Gasteiger partial charge in [-0.15, -0.1) is 16.4 Å². The van der Waals surface area contributed by atoms with E-state index in [1.165, 1.54) is 11.8 Å². The van der Waals surface area contributed by atoms with Crippen LogP contribution in [0.4, 0.5) is 0 Å². The summed E-state index contributed by atoms with van der Waals surface area (Å²) in [5, 5.41) is 19.2. The molecule has 0 spiro atoms. The molecule has 1 fully saturated rings. The molecule has 0 unspecified atom stereocenters.